The molecule has 24 heavy (non-hydrogen) atoms. The standard InChI is InChI=1S/C18H20N4O2/c23-16(20-10-3-1-2-4-11-20)13-22-17-14(7-5-9-19-17)21-12-6-8-15(21)18(22)24/h5-9,12H,1-4,10-11,13H2. The normalized spacial score (nSPS) is 15.8. The molecule has 1 amide bonds. The van der Waals surface area contributed by atoms with E-state index >= 15 is 0 Å². The Morgan fingerprint density at radius 2 is 1.79 bits per heavy atom. The van der Waals surface area contributed by atoms with Gasteiger partial charge in [-0.3, -0.25) is 14.2 Å². The minimum atomic E-state index is -0.172. The maximum atomic E-state index is 12.8. The van der Waals surface area contributed by atoms with Crippen LogP contribution in [0.2, 0.25) is 0 Å². The van der Waals surface area contributed by atoms with Crippen molar-refractivity contribution in [3.05, 3.63) is 47.0 Å². The van der Waals surface area contributed by atoms with Crippen LogP contribution in [0.25, 0.3) is 16.7 Å². The summed E-state index contributed by atoms with van der Waals surface area (Å²) in [6.45, 7) is 1.62. The molecule has 1 saturated heterocycles. The van der Waals surface area contributed by atoms with Crippen LogP contribution in [0.5, 0.6) is 0 Å². The lowest BCUT2D eigenvalue weighted by Gasteiger charge is -2.21. The Hall–Kier alpha value is -2.63. The second-order valence-corrected chi connectivity index (χ2v) is 6.30. The van der Waals surface area contributed by atoms with E-state index in [9.17, 15) is 9.59 Å². The number of pyridine rings is 1. The SMILES string of the molecule is O=C(Cn1c(=O)c2cccn2c2cccnc21)N1CCCCCC1. The summed E-state index contributed by atoms with van der Waals surface area (Å²) in [5.74, 6) is 0.00172. The summed E-state index contributed by atoms with van der Waals surface area (Å²) in [4.78, 5) is 31.8. The molecule has 6 heteroatoms. The largest absolute Gasteiger partial charge is 0.341 e. The third-order valence-corrected chi connectivity index (χ3v) is 4.75. The highest BCUT2D eigenvalue weighted by atomic mass is 16.2. The van der Waals surface area contributed by atoms with Crippen molar-refractivity contribution in [2.75, 3.05) is 13.1 Å². The van der Waals surface area contributed by atoms with Gasteiger partial charge in [-0.1, -0.05) is 12.8 Å². The van der Waals surface area contributed by atoms with Crippen molar-refractivity contribution in [3.8, 4) is 0 Å². The van der Waals surface area contributed by atoms with Gasteiger partial charge in [-0.2, -0.15) is 0 Å². The highest BCUT2D eigenvalue weighted by molar-refractivity contribution is 5.80. The highest BCUT2D eigenvalue weighted by Gasteiger charge is 2.19. The third-order valence-electron chi connectivity index (χ3n) is 4.75. The third kappa shape index (κ3) is 2.48. The number of likely N-dealkylation sites (tertiary alicyclic amines) is 1. The molecule has 3 aromatic heterocycles. The monoisotopic (exact) mass is 324 g/mol. The lowest BCUT2D eigenvalue weighted by molar-refractivity contribution is -0.131. The van der Waals surface area contributed by atoms with Crippen molar-refractivity contribution >= 4 is 22.6 Å². The zero-order valence-corrected chi connectivity index (χ0v) is 13.5. The average molecular weight is 324 g/mol. The molecule has 0 unspecified atom stereocenters. The summed E-state index contributed by atoms with van der Waals surface area (Å²) in [7, 11) is 0. The fourth-order valence-corrected chi connectivity index (χ4v) is 3.49. The molecule has 4 heterocycles. The van der Waals surface area contributed by atoms with Gasteiger partial charge in [0.2, 0.25) is 5.91 Å². The second kappa shape index (κ2) is 6.11. The highest BCUT2D eigenvalue weighted by Crippen LogP contribution is 2.14. The van der Waals surface area contributed by atoms with Crippen molar-refractivity contribution in [1.29, 1.82) is 0 Å². The average Bonchev–Trinajstić information content (AvgIpc) is 2.94. The fraction of sp³-hybridized carbons (Fsp3) is 0.389. The van der Waals surface area contributed by atoms with Crippen molar-refractivity contribution in [2.45, 2.75) is 32.2 Å². The number of nitrogens with zero attached hydrogens (tertiary/aromatic N) is 4. The number of carbonyl (C=O) groups excluding carboxylic acids is 1. The van der Waals surface area contributed by atoms with E-state index < -0.39 is 0 Å². The molecule has 0 aromatic carbocycles. The van der Waals surface area contributed by atoms with Gasteiger partial charge in [-0.05, 0) is 37.1 Å². The van der Waals surface area contributed by atoms with Crippen LogP contribution in [0.3, 0.4) is 0 Å². The first-order valence-electron chi connectivity index (χ1n) is 8.48. The molecular weight excluding hydrogens is 304 g/mol. The van der Waals surface area contributed by atoms with Crippen LogP contribution in [-0.2, 0) is 11.3 Å². The molecule has 3 aromatic rings. The number of hydrogen-bond acceptors (Lipinski definition) is 3. The molecule has 0 bridgehead atoms. The van der Waals surface area contributed by atoms with Crippen molar-refractivity contribution < 1.29 is 4.79 Å². The van der Waals surface area contributed by atoms with E-state index in [0.717, 1.165) is 31.4 Å². The maximum Gasteiger partial charge on any atom is 0.276 e. The summed E-state index contributed by atoms with van der Waals surface area (Å²) in [5.41, 5.74) is 1.78. The molecule has 0 radical (unpaired) electrons. The van der Waals surface area contributed by atoms with Crippen LogP contribution >= 0.6 is 0 Å². The van der Waals surface area contributed by atoms with Gasteiger partial charge >= 0.3 is 0 Å². The van der Waals surface area contributed by atoms with E-state index in [2.05, 4.69) is 4.98 Å². The smallest absolute Gasteiger partial charge is 0.276 e. The Morgan fingerprint density at radius 1 is 1.04 bits per heavy atom. The second-order valence-electron chi connectivity index (χ2n) is 6.30. The Kier molecular flexibility index (Phi) is 3.80. The van der Waals surface area contributed by atoms with Gasteiger partial charge in [0.1, 0.15) is 12.1 Å². The molecule has 0 spiro atoms. The van der Waals surface area contributed by atoms with Crippen LogP contribution in [-0.4, -0.2) is 37.8 Å². The molecule has 0 atom stereocenters. The van der Waals surface area contributed by atoms with Gasteiger partial charge in [-0.25, -0.2) is 4.98 Å². The summed E-state index contributed by atoms with van der Waals surface area (Å²) >= 11 is 0. The molecular formula is C18H20N4O2. The minimum absolute atomic E-state index is 0.00172. The van der Waals surface area contributed by atoms with Crippen LogP contribution < -0.4 is 5.56 Å². The Bertz CT molecular complexity index is 948. The number of fused-ring (bicyclic) bond motifs is 3. The quantitative estimate of drug-likeness (QED) is 0.725. The lowest BCUT2D eigenvalue weighted by atomic mass is 10.2. The van der Waals surface area contributed by atoms with Gasteiger partial charge in [-0.15, -0.1) is 0 Å². The van der Waals surface area contributed by atoms with E-state index in [0.29, 0.717) is 11.2 Å². The Morgan fingerprint density at radius 3 is 2.58 bits per heavy atom. The van der Waals surface area contributed by atoms with Gasteiger partial charge in [0.15, 0.2) is 5.65 Å². The predicted octanol–water partition coefficient (Wildman–Crippen LogP) is 2.05. The zero-order chi connectivity index (χ0) is 16.5. The Labute approximate surface area is 139 Å². The zero-order valence-electron chi connectivity index (χ0n) is 13.5. The maximum absolute atomic E-state index is 12.8. The first-order chi connectivity index (χ1) is 11.8. The molecule has 0 saturated carbocycles. The topological polar surface area (TPSA) is 59.6 Å². The van der Waals surface area contributed by atoms with E-state index in [1.54, 1.807) is 12.3 Å². The lowest BCUT2D eigenvalue weighted by Crippen LogP contribution is -2.37. The molecule has 6 nitrogen and oxygen atoms in total. The molecule has 1 aliphatic heterocycles. The predicted molar refractivity (Wildman–Crippen MR) is 92.0 cm³/mol. The number of amides is 1. The van der Waals surface area contributed by atoms with Crippen LogP contribution in [0, 0.1) is 0 Å². The first-order valence-corrected chi connectivity index (χ1v) is 8.48. The molecule has 0 aliphatic carbocycles. The van der Waals surface area contributed by atoms with Gasteiger partial charge in [0.05, 0.1) is 5.52 Å². The van der Waals surface area contributed by atoms with Crippen molar-refractivity contribution in [1.82, 2.24) is 18.9 Å². The number of rotatable bonds is 2. The van der Waals surface area contributed by atoms with Gasteiger partial charge in [0.25, 0.3) is 5.56 Å². The van der Waals surface area contributed by atoms with Crippen molar-refractivity contribution in [2.24, 2.45) is 0 Å². The molecule has 1 fully saturated rings. The van der Waals surface area contributed by atoms with E-state index in [4.69, 9.17) is 0 Å². The number of aromatic nitrogens is 3. The van der Waals surface area contributed by atoms with Gasteiger partial charge < -0.3 is 9.30 Å². The number of carbonyl (C=O) groups is 1. The first kappa shape index (κ1) is 14.9. The fourth-order valence-electron chi connectivity index (χ4n) is 3.49. The van der Waals surface area contributed by atoms with Crippen LogP contribution in [0.15, 0.2) is 41.5 Å². The summed E-state index contributed by atoms with van der Waals surface area (Å²) in [6.07, 6.45) is 7.93. The van der Waals surface area contributed by atoms with Crippen LogP contribution in [0.4, 0.5) is 0 Å². The van der Waals surface area contributed by atoms with E-state index in [1.807, 2.05) is 33.7 Å². The summed E-state index contributed by atoms with van der Waals surface area (Å²) in [5, 5.41) is 0. The van der Waals surface area contributed by atoms with E-state index in [1.165, 1.54) is 17.4 Å². The summed E-state index contributed by atoms with van der Waals surface area (Å²) in [6, 6.07) is 7.38. The van der Waals surface area contributed by atoms with Crippen LogP contribution in [0.1, 0.15) is 25.7 Å². The number of hydrogen-bond donors (Lipinski definition) is 0. The molecule has 4 rings (SSSR count). The van der Waals surface area contributed by atoms with Gasteiger partial charge in [0, 0.05) is 25.5 Å². The van der Waals surface area contributed by atoms with E-state index in [-0.39, 0.29) is 18.0 Å². The summed E-state index contributed by atoms with van der Waals surface area (Å²) < 4.78 is 3.34. The van der Waals surface area contributed by atoms with Crippen molar-refractivity contribution in [3.63, 3.8) is 0 Å². The molecule has 1 aliphatic rings. The molecule has 124 valence electrons. The molecule has 0 N–H and O–H groups in total. The Balaban J connectivity index is 1.78. The minimum Gasteiger partial charge on any atom is -0.341 e.